The maximum Gasteiger partial charge on any atom is 0.391 e. The first kappa shape index (κ1) is 12.1. The van der Waals surface area contributed by atoms with Gasteiger partial charge in [-0.15, -0.1) is 0 Å². The Morgan fingerprint density at radius 2 is 1.78 bits per heavy atom. The molecule has 0 aromatic heterocycles. The van der Waals surface area contributed by atoms with Crippen LogP contribution in [0.25, 0.3) is 0 Å². The molecule has 1 aliphatic rings. The van der Waals surface area contributed by atoms with Gasteiger partial charge in [0.25, 0.3) is 0 Å². The summed E-state index contributed by atoms with van der Waals surface area (Å²) >= 11 is 0. The molecule has 18 heavy (non-hydrogen) atoms. The molecule has 0 bridgehead atoms. The van der Waals surface area contributed by atoms with E-state index >= 15 is 0 Å². The molecule has 8 nitrogen and oxygen atoms in total. The minimum Gasteiger partial charge on any atom is -0.486 e. The smallest absolute Gasteiger partial charge is 0.391 e. The van der Waals surface area contributed by atoms with E-state index in [0.29, 0.717) is 6.42 Å². The number of nitrogens with zero attached hydrogens (tertiary/aromatic N) is 2. The maximum atomic E-state index is 11.0. The third-order valence-corrected chi connectivity index (χ3v) is 2.61. The summed E-state index contributed by atoms with van der Waals surface area (Å²) in [6, 6.07) is 1.43. The van der Waals surface area contributed by atoms with Crippen molar-refractivity contribution in [3.63, 3.8) is 0 Å². The van der Waals surface area contributed by atoms with Crippen LogP contribution in [0.15, 0.2) is 6.07 Å². The van der Waals surface area contributed by atoms with Gasteiger partial charge in [0.15, 0.2) is 5.75 Å². The van der Waals surface area contributed by atoms with E-state index in [2.05, 4.69) is 0 Å². The van der Waals surface area contributed by atoms with Crippen LogP contribution in [0.5, 0.6) is 11.5 Å². The minimum absolute atomic E-state index is 0.135. The Hall–Kier alpha value is -2.38. The van der Waals surface area contributed by atoms with Gasteiger partial charge >= 0.3 is 11.4 Å². The van der Waals surface area contributed by atoms with Crippen LogP contribution < -0.4 is 9.47 Å². The zero-order chi connectivity index (χ0) is 13.3. The summed E-state index contributed by atoms with van der Waals surface area (Å²) < 4.78 is 10.4. The molecular weight excluding hydrogens is 244 g/mol. The van der Waals surface area contributed by atoms with Crippen LogP contribution in [0.1, 0.15) is 12.5 Å². The molecule has 0 N–H and O–H groups in total. The van der Waals surface area contributed by atoms with Crippen LogP contribution in [0.3, 0.4) is 0 Å². The average Bonchev–Trinajstić information content (AvgIpc) is 2.35. The van der Waals surface area contributed by atoms with Gasteiger partial charge in [-0.3, -0.25) is 20.2 Å². The fraction of sp³-hybridized carbons (Fsp3) is 0.400. The Morgan fingerprint density at radius 3 is 2.33 bits per heavy atom. The van der Waals surface area contributed by atoms with E-state index in [0.717, 1.165) is 0 Å². The number of fused-ring (bicyclic) bond motifs is 1. The fourth-order valence-corrected chi connectivity index (χ4v) is 1.85. The molecular formula is C10H10N2O6. The van der Waals surface area contributed by atoms with Gasteiger partial charge in [-0.05, 0) is 12.5 Å². The monoisotopic (exact) mass is 254 g/mol. The predicted molar refractivity (Wildman–Crippen MR) is 60.1 cm³/mol. The molecule has 0 atom stereocenters. The highest BCUT2D eigenvalue weighted by Gasteiger charge is 2.37. The summed E-state index contributed by atoms with van der Waals surface area (Å²) in [6.07, 6.45) is 0.299. The van der Waals surface area contributed by atoms with Gasteiger partial charge in [0.1, 0.15) is 13.2 Å². The summed E-state index contributed by atoms with van der Waals surface area (Å²) in [5, 5.41) is 22.0. The molecule has 0 fully saturated rings. The molecule has 0 aliphatic carbocycles. The largest absolute Gasteiger partial charge is 0.486 e. The Kier molecular flexibility index (Phi) is 3.00. The Morgan fingerprint density at radius 1 is 1.17 bits per heavy atom. The first-order valence-electron chi connectivity index (χ1n) is 5.30. The lowest BCUT2D eigenvalue weighted by Crippen LogP contribution is -2.17. The number of nitro benzene ring substituents is 2. The second kappa shape index (κ2) is 4.47. The number of hydrogen-bond donors (Lipinski definition) is 0. The van der Waals surface area contributed by atoms with E-state index in [1.165, 1.54) is 6.07 Å². The van der Waals surface area contributed by atoms with Crippen molar-refractivity contribution in [1.29, 1.82) is 0 Å². The van der Waals surface area contributed by atoms with E-state index in [4.69, 9.17) is 9.47 Å². The third-order valence-electron chi connectivity index (χ3n) is 2.61. The molecule has 0 saturated heterocycles. The summed E-state index contributed by atoms with van der Waals surface area (Å²) in [5.41, 5.74) is -0.892. The summed E-state index contributed by atoms with van der Waals surface area (Å²) in [7, 11) is 0. The van der Waals surface area contributed by atoms with Crippen LogP contribution in [0, 0.1) is 20.2 Å². The second-order valence-electron chi connectivity index (χ2n) is 3.62. The highest BCUT2D eigenvalue weighted by Crippen LogP contribution is 2.47. The van der Waals surface area contributed by atoms with Gasteiger partial charge in [-0.2, -0.15) is 0 Å². The molecule has 1 aromatic carbocycles. The lowest BCUT2D eigenvalue weighted by molar-refractivity contribution is -0.423. The fourth-order valence-electron chi connectivity index (χ4n) is 1.85. The molecule has 1 heterocycles. The highest BCUT2D eigenvalue weighted by molar-refractivity contribution is 5.71. The van der Waals surface area contributed by atoms with E-state index in [1.807, 2.05) is 0 Å². The highest BCUT2D eigenvalue weighted by atomic mass is 16.6. The average molecular weight is 254 g/mol. The van der Waals surface area contributed by atoms with Gasteiger partial charge < -0.3 is 9.47 Å². The predicted octanol–water partition coefficient (Wildman–Crippen LogP) is 1.84. The molecule has 0 unspecified atom stereocenters. The Labute approximate surface area is 101 Å². The van der Waals surface area contributed by atoms with Gasteiger partial charge in [0.2, 0.25) is 5.75 Å². The van der Waals surface area contributed by atoms with Crippen molar-refractivity contribution in [2.24, 2.45) is 0 Å². The van der Waals surface area contributed by atoms with Gasteiger partial charge in [-0.1, -0.05) is 6.92 Å². The molecule has 0 radical (unpaired) electrons. The van der Waals surface area contributed by atoms with Crippen LogP contribution in [0.4, 0.5) is 11.4 Å². The molecule has 0 amide bonds. The Bertz CT molecular complexity index is 528. The van der Waals surface area contributed by atoms with E-state index < -0.39 is 21.2 Å². The van der Waals surface area contributed by atoms with Crippen LogP contribution >= 0.6 is 0 Å². The molecule has 8 heteroatoms. The Balaban J connectivity index is 2.77. The standard InChI is InChI=1S/C10H10N2O6/c1-2-6-5-7-10(18-4-3-17-7)9(12(15)16)8(6)11(13)14/h5H,2-4H2,1H3. The zero-order valence-electron chi connectivity index (χ0n) is 9.54. The number of benzene rings is 1. The van der Waals surface area contributed by atoms with E-state index in [-0.39, 0.29) is 30.3 Å². The number of hydrogen-bond acceptors (Lipinski definition) is 6. The SMILES string of the molecule is CCc1cc2c(c([N+](=O)[O-])c1[N+](=O)[O-])OCCO2. The quantitative estimate of drug-likeness (QED) is 0.601. The first-order chi connectivity index (χ1) is 8.56. The lowest BCUT2D eigenvalue weighted by Gasteiger charge is -2.18. The number of nitro groups is 2. The van der Waals surface area contributed by atoms with E-state index in [1.54, 1.807) is 6.92 Å². The lowest BCUT2D eigenvalue weighted by atomic mass is 10.1. The number of aryl methyl sites for hydroxylation is 1. The molecule has 1 aliphatic heterocycles. The second-order valence-corrected chi connectivity index (χ2v) is 3.62. The summed E-state index contributed by atoms with van der Waals surface area (Å²) in [5.74, 6) is 0.0329. The summed E-state index contributed by atoms with van der Waals surface area (Å²) in [4.78, 5) is 20.5. The number of ether oxygens (including phenoxy) is 2. The van der Waals surface area contributed by atoms with Crippen molar-refractivity contribution in [3.8, 4) is 11.5 Å². The van der Waals surface area contributed by atoms with Crippen molar-refractivity contribution in [3.05, 3.63) is 31.9 Å². The maximum absolute atomic E-state index is 11.0. The van der Waals surface area contributed by atoms with Gasteiger partial charge in [0, 0.05) is 5.56 Å². The van der Waals surface area contributed by atoms with Crippen molar-refractivity contribution in [2.75, 3.05) is 13.2 Å². The minimum atomic E-state index is -0.801. The van der Waals surface area contributed by atoms with Crippen molar-refractivity contribution >= 4 is 11.4 Å². The van der Waals surface area contributed by atoms with Crippen molar-refractivity contribution in [1.82, 2.24) is 0 Å². The molecule has 0 saturated carbocycles. The van der Waals surface area contributed by atoms with Crippen molar-refractivity contribution < 1.29 is 19.3 Å². The number of rotatable bonds is 3. The van der Waals surface area contributed by atoms with Crippen molar-refractivity contribution in [2.45, 2.75) is 13.3 Å². The molecule has 1 aromatic rings. The topological polar surface area (TPSA) is 105 Å². The van der Waals surface area contributed by atoms with E-state index in [9.17, 15) is 20.2 Å². The first-order valence-corrected chi connectivity index (χ1v) is 5.30. The third kappa shape index (κ3) is 1.81. The van der Waals surface area contributed by atoms with Gasteiger partial charge in [0.05, 0.1) is 9.85 Å². The molecule has 0 spiro atoms. The molecule has 96 valence electrons. The summed E-state index contributed by atoms with van der Waals surface area (Å²) in [6.45, 7) is 2.09. The normalized spacial score (nSPS) is 13.2. The van der Waals surface area contributed by atoms with Crippen LogP contribution in [-0.2, 0) is 6.42 Å². The van der Waals surface area contributed by atoms with Crippen LogP contribution in [-0.4, -0.2) is 23.1 Å². The zero-order valence-corrected chi connectivity index (χ0v) is 9.54. The molecule has 2 rings (SSSR count). The van der Waals surface area contributed by atoms with Crippen LogP contribution in [0.2, 0.25) is 0 Å². The van der Waals surface area contributed by atoms with Gasteiger partial charge in [-0.25, -0.2) is 0 Å².